The highest BCUT2D eigenvalue weighted by atomic mass is 31.2. The molecule has 3 N–H and O–H groups in total. The van der Waals surface area contributed by atoms with Gasteiger partial charge in [0.2, 0.25) is 0 Å². The molecule has 0 bridgehead atoms. The van der Waals surface area contributed by atoms with Crippen LogP contribution >= 0.6 is 15.6 Å². The van der Waals surface area contributed by atoms with E-state index in [1.807, 2.05) is 0 Å². The van der Waals surface area contributed by atoms with E-state index in [0.29, 0.717) is 25.7 Å². The highest BCUT2D eigenvalue weighted by Crippen LogP contribution is 2.45. The Balaban J connectivity index is 5.22. The molecule has 3 unspecified atom stereocenters. The molecule has 0 fully saturated rings. The molecule has 19 heteroatoms. The standard InChI is InChI=1S/C67H130O17P2/c1-6-10-13-16-19-22-23-24-25-26-32-36-41-46-51-65(70)78-57-63(84-67(72)53-48-43-38-33-28-27-31-34-39-44-49-60(5)9-4)59-82-86(75,76)80-55-61(68)54-79-85(73,74)81-58-62(83-66(71)52-47-42-37-30-21-18-15-12-8-3)56-77-64(69)50-45-40-35-29-20-17-14-11-7-2/h60-63,68H,6-59H2,1-5H3,(H,73,74)(H,75,76)/t60?,61-,62+,63+/m0/s1. The molecule has 0 aliphatic heterocycles. The summed E-state index contributed by atoms with van der Waals surface area (Å²) in [5, 5.41) is 10.6. The van der Waals surface area contributed by atoms with Gasteiger partial charge in [-0.3, -0.25) is 37.3 Å². The normalized spacial score (nSPS) is 14.5. The minimum absolute atomic E-state index is 0.106. The monoisotopic (exact) mass is 1270 g/mol. The molecule has 0 aromatic rings. The van der Waals surface area contributed by atoms with E-state index in [-0.39, 0.29) is 25.7 Å². The number of unbranched alkanes of at least 4 members (excludes halogenated alkanes) is 38. The second-order valence-electron chi connectivity index (χ2n) is 24.5. The van der Waals surface area contributed by atoms with Gasteiger partial charge in [-0.1, -0.05) is 291 Å². The van der Waals surface area contributed by atoms with Gasteiger partial charge in [-0.25, -0.2) is 9.13 Å². The Hall–Kier alpha value is -1.94. The van der Waals surface area contributed by atoms with Gasteiger partial charge < -0.3 is 33.8 Å². The highest BCUT2D eigenvalue weighted by molar-refractivity contribution is 7.47. The lowest BCUT2D eigenvalue weighted by atomic mass is 9.99. The lowest BCUT2D eigenvalue weighted by molar-refractivity contribution is -0.161. The molecule has 0 saturated carbocycles. The SMILES string of the molecule is CCCCCCCCCCCCCCCCC(=O)OC[C@H](COP(=O)(O)OC[C@@H](O)COP(=O)(O)OC[C@@H](COC(=O)CCCCCCCCCCC)OC(=O)CCCCCCCCCCC)OC(=O)CCCCCCCCCCCCC(C)CC. The Morgan fingerprint density at radius 1 is 0.326 bits per heavy atom. The maximum atomic E-state index is 13.0. The number of phosphoric ester groups is 2. The summed E-state index contributed by atoms with van der Waals surface area (Å²) in [5.74, 6) is -1.33. The molecule has 0 aliphatic rings. The van der Waals surface area contributed by atoms with Crippen LogP contribution in [0.4, 0.5) is 0 Å². The minimum Gasteiger partial charge on any atom is -0.462 e. The number of phosphoric acid groups is 2. The van der Waals surface area contributed by atoms with E-state index in [0.717, 1.165) is 95.8 Å². The molecular weight excluding hydrogens is 1140 g/mol. The summed E-state index contributed by atoms with van der Waals surface area (Å²) < 4.78 is 68.1. The Kier molecular flexibility index (Phi) is 59.2. The molecule has 0 spiro atoms. The number of ether oxygens (including phenoxy) is 4. The Morgan fingerprint density at radius 2 is 0.558 bits per heavy atom. The second kappa shape index (κ2) is 60.6. The summed E-state index contributed by atoms with van der Waals surface area (Å²) in [5.41, 5.74) is 0. The molecule has 0 saturated heterocycles. The molecule has 6 atom stereocenters. The number of carbonyl (C=O) groups is 4. The Labute approximate surface area is 524 Å². The van der Waals surface area contributed by atoms with Crippen LogP contribution < -0.4 is 0 Å². The third-order valence-electron chi connectivity index (χ3n) is 15.9. The van der Waals surface area contributed by atoms with Crippen molar-refractivity contribution >= 4 is 39.5 Å². The van der Waals surface area contributed by atoms with Crippen LogP contribution in [0.1, 0.15) is 343 Å². The number of aliphatic hydroxyl groups is 1. The molecule has 86 heavy (non-hydrogen) atoms. The maximum absolute atomic E-state index is 13.0. The largest absolute Gasteiger partial charge is 0.472 e. The molecule has 0 aliphatic carbocycles. The molecule has 510 valence electrons. The fourth-order valence-electron chi connectivity index (χ4n) is 10.1. The minimum atomic E-state index is -4.95. The molecule has 17 nitrogen and oxygen atoms in total. The summed E-state index contributed by atoms with van der Waals surface area (Å²) in [7, 11) is -9.89. The third-order valence-corrected chi connectivity index (χ3v) is 17.8. The van der Waals surface area contributed by atoms with Crippen LogP contribution in [0.25, 0.3) is 0 Å². The van der Waals surface area contributed by atoms with Crippen LogP contribution in [-0.4, -0.2) is 96.7 Å². The van der Waals surface area contributed by atoms with Crippen molar-refractivity contribution in [2.45, 2.75) is 361 Å². The fourth-order valence-corrected chi connectivity index (χ4v) is 11.7. The summed E-state index contributed by atoms with van der Waals surface area (Å²) in [4.78, 5) is 72.3. The molecule has 0 amide bonds. The second-order valence-corrected chi connectivity index (χ2v) is 27.4. The van der Waals surface area contributed by atoms with Crippen molar-refractivity contribution in [1.82, 2.24) is 0 Å². The van der Waals surface area contributed by atoms with Gasteiger partial charge in [0.25, 0.3) is 0 Å². The van der Waals surface area contributed by atoms with E-state index >= 15 is 0 Å². The fraction of sp³-hybridized carbons (Fsp3) is 0.940. The molecule has 0 aromatic carbocycles. The number of hydrogen-bond donors (Lipinski definition) is 3. The summed E-state index contributed by atoms with van der Waals surface area (Å²) >= 11 is 0. The quantitative estimate of drug-likeness (QED) is 0.0222. The van der Waals surface area contributed by atoms with E-state index in [2.05, 4.69) is 34.6 Å². The smallest absolute Gasteiger partial charge is 0.462 e. The average molecular weight is 1270 g/mol. The highest BCUT2D eigenvalue weighted by Gasteiger charge is 2.30. The van der Waals surface area contributed by atoms with Crippen LogP contribution in [0.2, 0.25) is 0 Å². The third kappa shape index (κ3) is 59.7. The first-order chi connectivity index (χ1) is 41.6. The molecule has 0 rings (SSSR count). The van der Waals surface area contributed by atoms with Gasteiger partial charge in [-0.15, -0.1) is 0 Å². The van der Waals surface area contributed by atoms with Gasteiger partial charge in [0.15, 0.2) is 12.2 Å². The van der Waals surface area contributed by atoms with Gasteiger partial charge in [0.05, 0.1) is 26.4 Å². The van der Waals surface area contributed by atoms with E-state index in [9.17, 15) is 43.2 Å². The number of carbonyl (C=O) groups excluding carboxylic acids is 4. The predicted molar refractivity (Wildman–Crippen MR) is 345 cm³/mol. The van der Waals surface area contributed by atoms with E-state index < -0.39 is 97.5 Å². The molecular formula is C67H130O17P2. The van der Waals surface area contributed by atoms with Crippen molar-refractivity contribution in [3.8, 4) is 0 Å². The number of aliphatic hydroxyl groups excluding tert-OH is 1. The van der Waals surface area contributed by atoms with Gasteiger partial charge in [-0.05, 0) is 31.6 Å². The summed E-state index contributed by atoms with van der Waals surface area (Å²) in [6.07, 6.45) is 45.7. The Bertz CT molecular complexity index is 1670. The zero-order valence-electron chi connectivity index (χ0n) is 55.4. The lowest BCUT2D eigenvalue weighted by Crippen LogP contribution is -2.30. The van der Waals surface area contributed by atoms with Crippen LogP contribution in [0.3, 0.4) is 0 Å². The first-order valence-corrected chi connectivity index (χ1v) is 38.2. The van der Waals surface area contributed by atoms with Gasteiger partial charge >= 0.3 is 39.5 Å². The van der Waals surface area contributed by atoms with E-state index in [1.54, 1.807) is 0 Å². The number of hydrogen-bond acceptors (Lipinski definition) is 15. The summed E-state index contributed by atoms with van der Waals surface area (Å²) in [6.45, 7) is 7.22. The topological polar surface area (TPSA) is 237 Å². The summed E-state index contributed by atoms with van der Waals surface area (Å²) in [6, 6.07) is 0. The van der Waals surface area contributed by atoms with Crippen LogP contribution in [0.15, 0.2) is 0 Å². The van der Waals surface area contributed by atoms with Crippen molar-refractivity contribution in [2.24, 2.45) is 5.92 Å². The first kappa shape index (κ1) is 84.1. The Morgan fingerprint density at radius 3 is 0.826 bits per heavy atom. The number of esters is 4. The lowest BCUT2D eigenvalue weighted by Gasteiger charge is -2.21. The van der Waals surface area contributed by atoms with Crippen molar-refractivity contribution in [3.63, 3.8) is 0 Å². The van der Waals surface area contributed by atoms with Crippen LogP contribution in [0, 0.1) is 5.92 Å². The molecule has 0 radical (unpaired) electrons. The average Bonchev–Trinajstić information content (AvgIpc) is 3.63. The van der Waals surface area contributed by atoms with E-state index in [1.165, 1.54) is 167 Å². The van der Waals surface area contributed by atoms with E-state index in [4.69, 9.17) is 37.0 Å². The maximum Gasteiger partial charge on any atom is 0.472 e. The predicted octanol–water partition coefficient (Wildman–Crippen LogP) is 19.0. The van der Waals surface area contributed by atoms with Crippen LogP contribution in [-0.2, 0) is 65.4 Å². The zero-order chi connectivity index (χ0) is 63.5. The van der Waals surface area contributed by atoms with Crippen molar-refractivity contribution in [1.29, 1.82) is 0 Å². The van der Waals surface area contributed by atoms with Gasteiger partial charge in [0.1, 0.15) is 19.3 Å². The number of rotatable bonds is 67. The van der Waals surface area contributed by atoms with Gasteiger partial charge in [-0.2, -0.15) is 0 Å². The molecule has 0 aromatic heterocycles. The van der Waals surface area contributed by atoms with Crippen LogP contribution in [0.5, 0.6) is 0 Å². The van der Waals surface area contributed by atoms with Gasteiger partial charge in [0, 0.05) is 25.7 Å². The van der Waals surface area contributed by atoms with Crippen molar-refractivity contribution < 1.29 is 80.2 Å². The zero-order valence-corrected chi connectivity index (χ0v) is 57.2. The van der Waals surface area contributed by atoms with Crippen molar-refractivity contribution in [3.05, 3.63) is 0 Å². The first-order valence-electron chi connectivity index (χ1n) is 35.2. The van der Waals surface area contributed by atoms with Crippen molar-refractivity contribution in [2.75, 3.05) is 39.6 Å². The molecule has 0 heterocycles.